The number of anilines is 1. The third kappa shape index (κ3) is 2.65. The molecule has 9 nitrogen and oxygen atoms in total. The molecule has 4 rings (SSSR count). The van der Waals surface area contributed by atoms with Gasteiger partial charge in [0.05, 0.1) is 16.8 Å². The number of ketones is 2. The van der Waals surface area contributed by atoms with E-state index in [1.807, 2.05) is 6.07 Å². The number of hydrogen-bond donors (Lipinski definition) is 3. The monoisotopic (exact) mass is 436 g/mol. The molecule has 0 saturated heterocycles. The minimum atomic E-state index is -0.457. The number of phenols is 1. The molecule has 0 bridgehead atoms. The molecule has 0 saturated carbocycles. The Morgan fingerprint density at radius 1 is 1.21 bits per heavy atom. The zero-order valence-electron chi connectivity index (χ0n) is 13.9. The number of allylic oxidation sites excluding steroid dienone is 1. The zero-order valence-corrected chi connectivity index (χ0v) is 15.5. The number of fused-ring (bicyclic) bond motifs is 2. The molecule has 0 aliphatic heterocycles. The van der Waals surface area contributed by atoms with Gasteiger partial charge in [0.1, 0.15) is 17.4 Å². The number of hydrogen-bond acceptors (Lipinski definition) is 8. The number of nitriles is 1. The molecule has 2 aromatic carbocycles. The summed E-state index contributed by atoms with van der Waals surface area (Å²) in [5, 5.41) is 35.6. The van der Waals surface area contributed by atoms with Crippen molar-refractivity contribution in [2.75, 3.05) is 5.32 Å². The highest BCUT2D eigenvalue weighted by Gasteiger charge is 2.35. The van der Waals surface area contributed by atoms with Gasteiger partial charge in [-0.2, -0.15) is 10.5 Å². The fourth-order valence-electron chi connectivity index (χ4n) is 2.95. The van der Waals surface area contributed by atoms with E-state index in [1.54, 1.807) is 18.2 Å². The summed E-state index contributed by atoms with van der Waals surface area (Å²) in [6.07, 6.45) is 1.29. The second-order valence-corrected chi connectivity index (χ2v) is 6.61. The number of rotatable bonds is 3. The number of aromatic hydroxyl groups is 1. The Bertz CT molecular complexity index is 1210. The topological polar surface area (TPSA) is 145 Å². The second kappa shape index (κ2) is 6.71. The Balaban J connectivity index is 1.88. The molecule has 1 heterocycles. The Labute approximate surface area is 165 Å². The summed E-state index contributed by atoms with van der Waals surface area (Å²) < 4.78 is 0.339. The number of aromatic nitrogens is 4. The lowest BCUT2D eigenvalue weighted by Gasteiger charge is -2.22. The molecular formula is C18H9BrN6O3. The van der Waals surface area contributed by atoms with Crippen molar-refractivity contribution in [3.8, 4) is 11.8 Å². The van der Waals surface area contributed by atoms with Gasteiger partial charge >= 0.3 is 0 Å². The highest BCUT2D eigenvalue weighted by molar-refractivity contribution is 9.10. The van der Waals surface area contributed by atoms with Crippen LogP contribution in [0.4, 0.5) is 5.69 Å². The molecule has 3 aromatic rings. The van der Waals surface area contributed by atoms with E-state index in [2.05, 4.69) is 41.9 Å². The Kier molecular flexibility index (Phi) is 4.21. The van der Waals surface area contributed by atoms with Gasteiger partial charge in [-0.3, -0.25) is 9.59 Å². The maximum Gasteiger partial charge on any atom is 0.216 e. The molecule has 0 amide bonds. The van der Waals surface area contributed by atoms with Crippen LogP contribution in [0.5, 0.6) is 5.75 Å². The SMILES string of the molecule is N#CC(=CNc1c(Br)cc(O)c2c1C(=O)c1ccccc1C2=O)c1nn[nH]n1. The molecule has 0 unspecified atom stereocenters. The average molecular weight is 437 g/mol. The summed E-state index contributed by atoms with van der Waals surface area (Å²) in [4.78, 5) is 25.9. The van der Waals surface area contributed by atoms with Gasteiger partial charge in [0, 0.05) is 21.8 Å². The highest BCUT2D eigenvalue weighted by atomic mass is 79.9. The van der Waals surface area contributed by atoms with Gasteiger partial charge in [0.15, 0.2) is 11.6 Å². The van der Waals surface area contributed by atoms with E-state index in [-0.39, 0.29) is 45.1 Å². The van der Waals surface area contributed by atoms with Gasteiger partial charge < -0.3 is 10.4 Å². The van der Waals surface area contributed by atoms with Crippen LogP contribution in [0.15, 0.2) is 41.0 Å². The number of benzene rings is 2. The molecule has 136 valence electrons. The normalized spacial score (nSPS) is 12.9. The molecule has 1 aromatic heterocycles. The number of nitrogens with one attached hydrogen (secondary N) is 2. The molecule has 0 fully saturated rings. The van der Waals surface area contributed by atoms with Gasteiger partial charge in [-0.25, -0.2) is 0 Å². The number of phenolic OH excluding ortho intramolecular Hbond substituents is 1. The zero-order chi connectivity index (χ0) is 19.8. The van der Waals surface area contributed by atoms with Gasteiger partial charge in [-0.1, -0.05) is 24.3 Å². The van der Waals surface area contributed by atoms with Crippen molar-refractivity contribution in [1.82, 2.24) is 20.6 Å². The first-order valence-corrected chi connectivity index (χ1v) is 8.66. The van der Waals surface area contributed by atoms with Crippen molar-refractivity contribution < 1.29 is 14.7 Å². The number of carbonyl (C=O) groups excluding carboxylic acids is 2. The second-order valence-electron chi connectivity index (χ2n) is 5.76. The van der Waals surface area contributed by atoms with Crippen LogP contribution in [0.2, 0.25) is 0 Å². The van der Waals surface area contributed by atoms with Crippen LogP contribution in [0.25, 0.3) is 5.57 Å². The van der Waals surface area contributed by atoms with E-state index < -0.39 is 11.6 Å². The minimum absolute atomic E-state index is 0.0113. The molecule has 0 atom stereocenters. The first-order valence-electron chi connectivity index (χ1n) is 7.87. The van der Waals surface area contributed by atoms with E-state index >= 15 is 0 Å². The average Bonchev–Trinajstić information content (AvgIpc) is 3.22. The van der Waals surface area contributed by atoms with Crippen LogP contribution in [0.1, 0.15) is 37.7 Å². The predicted molar refractivity (Wildman–Crippen MR) is 101 cm³/mol. The first-order chi connectivity index (χ1) is 13.5. The standard InChI is InChI=1S/C18H9BrN6O3/c19-11-5-12(26)13-14(17(28)10-4-2-1-3-9(10)16(13)27)15(11)21-7-8(6-20)18-22-24-25-23-18/h1-5,7,21,26H,(H,22,23,24,25). The van der Waals surface area contributed by atoms with E-state index in [9.17, 15) is 20.0 Å². The lowest BCUT2D eigenvalue weighted by molar-refractivity contribution is 0.0977. The summed E-state index contributed by atoms with van der Waals surface area (Å²) in [5.74, 6) is -1.13. The van der Waals surface area contributed by atoms with Crippen molar-refractivity contribution in [3.05, 3.63) is 69.1 Å². The molecule has 3 N–H and O–H groups in total. The molecule has 0 radical (unpaired) electrons. The summed E-state index contributed by atoms with van der Waals surface area (Å²) >= 11 is 3.29. The van der Waals surface area contributed by atoms with Crippen LogP contribution in [-0.4, -0.2) is 37.3 Å². The lowest BCUT2D eigenvalue weighted by atomic mass is 9.82. The smallest absolute Gasteiger partial charge is 0.216 e. The number of nitrogens with zero attached hydrogens (tertiary/aromatic N) is 4. The number of carbonyl (C=O) groups is 2. The van der Waals surface area contributed by atoms with E-state index in [0.29, 0.717) is 4.47 Å². The lowest BCUT2D eigenvalue weighted by Crippen LogP contribution is -2.22. The van der Waals surface area contributed by atoms with E-state index in [0.717, 1.165) is 0 Å². The Morgan fingerprint density at radius 3 is 2.50 bits per heavy atom. The van der Waals surface area contributed by atoms with Crippen molar-refractivity contribution >= 4 is 38.8 Å². The van der Waals surface area contributed by atoms with Gasteiger partial charge in [-0.05, 0) is 27.2 Å². The third-order valence-electron chi connectivity index (χ3n) is 4.20. The Hall–Kier alpha value is -3.84. The van der Waals surface area contributed by atoms with Gasteiger partial charge in [-0.15, -0.1) is 10.2 Å². The summed E-state index contributed by atoms with van der Waals surface area (Å²) in [6.45, 7) is 0. The summed E-state index contributed by atoms with van der Waals surface area (Å²) in [5.41, 5.74) is 0.666. The fraction of sp³-hybridized carbons (Fsp3) is 0. The van der Waals surface area contributed by atoms with E-state index in [4.69, 9.17) is 0 Å². The van der Waals surface area contributed by atoms with Crippen molar-refractivity contribution in [2.45, 2.75) is 0 Å². The molecule has 1 aliphatic rings. The third-order valence-corrected chi connectivity index (χ3v) is 4.82. The molecule has 0 spiro atoms. The number of tetrazole rings is 1. The maximum atomic E-state index is 13.1. The summed E-state index contributed by atoms with van der Waals surface area (Å²) in [6, 6.07) is 9.63. The fourth-order valence-corrected chi connectivity index (χ4v) is 3.48. The number of H-pyrrole nitrogens is 1. The van der Waals surface area contributed by atoms with Gasteiger partial charge in [0.25, 0.3) is 0 Å². The summed E-state index contributed by atoms with van der Waals surface area (Å²) in [7, 11) is 0. The van der Waals surface area contributed by atoms with Crippen molar-refractivity contribution in [2.24, 2.45) is 0 Å². The number of aromatic amines is 1. The van der Waals surface area contributed by atoms with Crippen LogP contribution in [-0.2, 0) is 0 Å². The molecule has 10 heteroatoms. The van der Waals surface area contributed by atoms with Crippen LogP contribution < -0.4 is 5.32 Å². The van der Waals surface area contributed by atoms with Crippen LogP contribution >= 0.6 is 15.9 Å². The van der Waals surface area contributed by atoms with Crippen molar-refractivity contribution in [3.63, 3.8) is 0 Å². The van der Waals surface area contributed by atoms with Gasteiger partial charge in [0.2, 0.25) is 5.82 Å². The first kappa shape index (κ1) is 17.6. The van der Waals surface area contributed by atoms with Crippen molar-refractivity contribution in [1.29, 1.82) is 5.26 Å². The van der Waals surface area contributed by atoms with E-state index in [1.165, 1.54) is 18.3 Å². The molecular weight excluding hydrogens is 428 g/mol. The maximum absolute atomic E-state index is 13.1. The predicted octanol–water partition coefficient (Wildman–Crippen LogP) is 2.42. The van der Waals surface area contributed by atoms with Crippen LogP contribution in [0.3, 0.4) is 0 Å². The minimum Gasteiger partial charge on any atom is -0.507 e. The Morgan fingerprint density at radius 2 is 1.89 bits per heavy atom. The quantitative estimate of drug-likeness (QED) is 0.327. The van der Waals surface area contributed by atoms with Crippen LogP contribution in [0, 0.1) is 11.3 Å². The molecule has 28 heavy (non-hydrogen) atoms. The largest absolute Gasteiger partial charge is 0.507 e. The molecule has 1 aliphatic carbocycles. The highest BCUT2D eigenvalue weighted by Crippen LogP contribution is 2.41. The number of halogens is 1.